The molecule has 1 atom stereocenters. The predicted octanol–water partition coefficient (Wildman–Crippen LogP) is 0.477. The summed E-state index contributed by atoms with van der Waals surface area (Å²) in [5.74, 6) is 5.23. The Morgan fingerprint density at radius 2 is 2.45 bits per heavy atom. The first-order valence-electron chi connectivity index (χ1n) is 3.32. The van der Waals surface area contributed by atoms with Crippen molar-refractivity contribution < 1.29 is 5.11 Å². The number of aliphatic hydroxyl groups excluding tert-OH is 1. The Hall–Kier alpha value is -1.27. The maximum absolute atomic E-state index is 9.28. The fourth-order valence-corrected chi connectivity index (χ4v) is 0.785. The monoisotopic (exact) mass is 150 g/mol. The van der Waals surface area contributed by atoms with Crippen LogP contribution >= 0.6 is 0 Å². The number of aliphatic hydroxyl groups is 1. The summed E-state index contributed by atoms with van der Waals surface area (Å²) in [7, 11) is 1.85. The molecule has 0 saturated carbocycles. The molecule has 0 saturated heterocycles. The van der Waals surface area contributed by atoms with E-state index in [-0.39, 0.29) is 0 Å². The normalized spacial score (nSPS) is 11.9. The van der Waals surface area contributed by atoms with Crippen molar-refractivity contribution in [2.75, 3.05) is 0 Å². The molecule has 0 unspecified atom stereocenters. The number of imidazole rings is 1. The number of hydrogen-bond acceptors (Lipinski definition) is 2. The van der Waals surface area contributed by atoms with Gasteiger partial charge in [0.2, 0.25) is 0 Å². The highest BCUT2D eigenvalue weighted by molar-refractivity contribution is 5.14. The molecule has 1 rings (SSSR count). The topological polar surface area (TPSA) is 38.0 Å². The van der Waals surface area contributed by atoms with Gasteiger partial charge in [0.15, 0.2) is 6.10 Å². The van der Waals surface area contributed by atoms with Crippen molar-refractivity contribution in [2.24, 2.45) is 7.05 Å². The number of aromatic nitrogens is 2. The Bertz CT molecular complexity index is 293. The summed E-state index contributed by atoms with van der Waals surface area (Å²) < 4.78 is 1.77. The van der Waals surface area contributed by atoms with E-state index in [4.69, 9.17) is 0 Å². The molecule has 0 amide bonds. The van der Waals surface area contributed by atoms with E-state index in [1.165, 1.54) is 0 Å². The molecule has 0 bridgehead atoms. The van der Waals surface area contributed by atoms with Crippen molar-refractivity contribution in [1.82, 2.24) is 9.55 Å². The first-order valence-corrected chi connectivity index (χ1v) is 3.32. The smallest absolute Gasteiger partial charge is 0.158 e. The Morgan fingerprint density at radius 1 is 1.73 bits per heavy atom. The maximum Gasteiger partial charge on any atom is 0.158 e. The molecular formula is C8H10N2O. The quantitative estimate of drug-likeness (QED) is 0.591. The van der Waals surface area contributed by atoms with Crippen molar-refractivity contribution in [2.45, 2.75) is 13.0 Å². The molecule has 0 aromatic carbocycles. The largest absolute Gasteiger partial charge is 0.374 e. The summed E-state index contributed by atoms with van der Waals surface area (Å²) in [4.78, 5) is 3.94. The molecule has 58 valence electrons. The molecule has 0 aliphatic rings. The lowest BCUT2D eigenvalue weighted by molar-refractivity contribution is 0.234. The highest BCUT2D eigenvalue weighted by Gasteiger charge is 2.04. The van der Waals surface area contributed by atoms with Gasteiger partial charge in [0.1, 0.15) is 0 Å². The van der Waals surface area contributed by atoms with Gasteiger partial charge in [-0.15, -0.1) is 5.92 Å². The minimum atomic E-state index is -0.749. The Balaban J connectivity index is 2.81. The van der Waals surface area contributed by atoms with Gasteiger partial charge in [-0.3, -0.25) is 0 Å². The summed E-state index contributed by atoms with van der Waals surface area (Å²) in [6.07, 6.45) is 2.63. The zero-order chi connectivity index (χ0) is 8.27. The Kier molecular flexibility index (Phi) is 2.29. The molecule has 3 heteroatoms. The molecule has 0 aliphatic heterocycles. The molecule has 1 aromatic rings. The molecule has 0 fully saturated rings. The molecule has 0 aliphatic carbocycles. The van der Waals surface area contributed by atoms with Gasteiger partial charge in [-0.1, -0.05) is 5.92 Å². The molecular weight excluding hydrogens is 140 g/mol. The highest BCUT2D eigenvalue weighted by Crippen LogP contribution is 2.06. The maximum atomic E-state index is 9.28. The predicted molar refractivity (Wildman–Crippen MR) is 41.6 cm³/mol. The van der Waals surface area contributed by atoms with Crippen molar-refractivity contribution in [3.8, 4) is 11.8 Å². The van der Waals surface area contributed by atoms with Gasteiger partial charge < -0.3 is 9.67 Å². The zero-order valence-electron chi connectivity index (χ0n) is 6.57. The van der Waals surface area contributed by atoms with Gasteiger partial charge in [0.05, 0.1) is 12.0 Å². The van der Waals surface area contributed by atoms with E-state index < -0.39 is 6.10 Å². The third-order valence-electron chi connectivity index (χ3n) is 1.29. The molecule has 0 radical (unpaired) electrons. The fraction of sp³-hybridized carbons (Fsp3) is 0.375. The minimum Gasteiger partial charge on any atom is -0.374 e. The van der Waals surface area contributed by atoms with Crippen LogP contribution in [0.5, 0.6) is 0 Å². The average Bonchev–Trinajstić information content (AvgIpc) is 2.36. The van der Waals surface area contributed by atoms with E-state index >= 15 is 0 Å². The molecule has 11 heavy (non-hydrogen) atoms. The van der Waals surface area contributed by atoms with Crippen molar-refractivity contribution in [3.63, 3.8) is 0 Å². The van der Waals surface area contributed by atoms with E-state index in [0.717, 1.165) is 0 Å². The summed E-state index contributed by atoms with van der Waals surface area (Å²) >= 11 is 0. The lowest BCUT2D eigenvalue weighted by Gasteiger charge is -1.95. The second-order valence-electron chi connectivity index (χ2n) is 2.26. The SMILES string of the molecule is CC#C[C@@H](O)c1cn(C)cn1. The molecule has 1 heterocycles. The number of aryl methyl sites for hydroxylation is 1. The van der Waals surface area contributed by atoms with Gasteiger partial charge >= 0.3 is 0 Å². The standard InChI is InChI=1S/C8H10N2O/c1-3-4-8(11)7-5-10(2)6-9-7/h5-6,8,11H,1-2H3/t8-/m1/s1. The summed E-state index contributed by atoms with van der Waals surface area (Å²) in [6, 6.07) is 0. The van der Waals surface area contributed by atoms with E-state index in [1.807, 2.05) is 7.05 Å². The first kappa shape index (κ1) is 7.83. The number of rotatable bonds is 1. The lowest BCUT2D eigenvalue weighted by Crippen LogP contribution is -1.93. The molecule has 3 nitrogen and oxygen atoms in total. The van der Waals surface area contributed by atoms with Gasteiger partial charge in [0.25, 0.3) is 0 Å². The zero-order valence-corrected chi connectivity index (χ0v) is 6.57. The third-order valence-corrected chi connectivity index (χ3v) is 1.29. The minimum absolute atomic E-state index is 0.599. The van der Waals surface area contributed by atoms with Gasteiger partial charge in [-0.2, -0.15) is 0 Å². The molecule has 1 aromatic heterocycles. The highest BCUT2D eigenvalue weighted by atomic mass is 16.3. The second kappa shape index (κ2) is 3.22. The van der Waals surface area contributed by atoms with Crippen LogP contribution in [0.15, 0.2) is 12.5 Å². The van der Waals surface area contributed by atoms with Crippen LogP contribution in [0.25, 0.3) is 0 Å². The summed E-state index contributed by atoms with van der Waals surface area (Å²) in [5, 5.41) is 9.28. The van der Waals surface area contributed by atoms with Gasteiger partial charge in [-0.05, 0) is 6.92 Å². The van der Waals surface area contributed by atoms with Crippen molar-refractivity contribution in [3.05, 3.63) is 18.2 Å². The van der Waals surface area contributed by atoms with Crippen molar-refractivity contribution in [1.29, 1.82) is 0 Å². The Labute approximate surface area is 65.7 Å². The van der Waals surface area contributed by atoms with Crippen LogP contribution in [0.4, 0.5) is 0 Å². The lowest BCUT2D eigenvalue weighted by atomic mass is 10.3. The number of nitrogens with zero attached hydrogens (tertiary/aromatic N) is 2. The Morgan fingerprint density at radius 3 is 2.91 bits per heavy atom. The fourth-order valence-electron chi connectivity index (χ4n) is 0.785. The van der Waals surface area contributed by atoms with Crippen molar-refractivity contribution >= 4 is 0 Å². The summed E-state index contributed by atoms with van der Waals surface area (Å²) in [5.41, 5.74) is 0.599. The van der Waals surface area contributed by atoms with E-state index in [9.17, 15) is 5.11 Å². The van der Waals surface area contributed by atoms with E-state index in [0.29, 0.717) is 5.69 Å². The average molecular weight is 150 g/mol. The third kappa shape index (κ3) is 1.82. The molecule has 0 spiro atoms. The summed E-state index contributed by atoms with van der Waals surface area (Å²) in [6.45, 7) is 1.69. The second-order valence-corrected chi connectivity index (χ2v) is 2.26. The van der Waals surface area contributed by atoms with Crippen LogP contribution in [-0.4, -0.2) is 14.7 Å². The van der Waals surface area contributed by atoms with Crippen LogP contribution < -0.4 is 0 Å². The van der Waals surface area contributed by atoms with Crippen LogP contribution in [-0.2, 0) is 7.05 Å². The van der Waals surface area contributed by atoms with Crippen LogP contribution in [0, 0.1) is 11.8 Å². The van der Waals surface area contributed by atoms with Gasteiger partial charge in [-0.25, -0.2) is 4.98 Å². The molecule has 1 N–H and O–H groups in total. The van der Waals surface area contributed by atoms with Crippen LogP contribution in [0.1, 0.15) is 18.7 Å². The van der Waals surface area contributed by atoms with E-state index in [2.05, 4.69) is 16.8 Å². The van der Waals surface area contributed by atoms with Crippen LogP contribution in [0.2, 0.25) is 0 Å². The van der Waals surface area contributed by atoms with E-state index in [1.54, 1.807) is 24.0 Å². The number of hydrogen-bond donors (Lipinski definition) is 1. The van der Waals surface area contributed by atoms with Crippen LogP contribution in [0.3, 0.4) is 0 Å². The first-order chi connectivity index (χ1) is 5.24. The van der Waals surface area contributed by atoms with Gasteiger partial charge in [0, 0.05) is 13.2 Å².